The molecular weight excluding hydrogens is 368 g/mol. The van der Waals surface area contributed by atoms with E-state index in [0.717, 1.165) is 62.2 Å². The first kappa shape index (κ1) is 18.7. The molecule has 1 aliphatic heterocycles. The van der Waals surface area contributed by atoms with Crippen molar-refractivity contribution in [3.8, 4) is 6.07 Å². The first-order valence-electron chi connectivity index (χ1n) is 9.75. The summed E-state index contributed by atoms with van der Waals surface area (Å²) in [5, 5.41) is 11.9. The summed E-state index contributed by atoms with van der Waals surface area (Å²) in [6, 6.07) is 14.5. The summed E-state index contributed by atoms with van der Waals surface area (Å²) < 4.78 is 2.12. The van der Waals surface area contributed by atoms with Crippen LogP contribution < -0.4 is 0 Å². The van der Waals surface area contributed by atoms with Crippen LogP contribution in [0.1, 0.15) is 28.1 Å². The zero-order chi connectivity index (χ0) is 19.3. The second-order valence-corrected chi connectivity index (χ2v) is 8.19. The average Bonchev–Trinajstić information content (AvgIpc) is 3.36. The van der Waals surface area contributed by atoms with Crippen molar-refractivity contribution in [2.24, 2.45) is 0 Å². The number of thiophene rings is 1. The predicted molar refractivity (Wildman–Crippen MR) is 112 cm³/mol. The van der Waals surface area contributed by atoms with Crippen molar-refractivity contribution >= 4 is 28.1 Å². The minimum absolute atomic E-state index is 0.117. The molecule has 5 nitrogen and oxygen atoms in total. The Bertz CT molecular complexity index is 978. The van der Waals surface area contributed by atoms with E-state index in [9.17, 15) is 4.79 Å². The first-order chi connectivity index (χ1) is 13.8. The van der Waals surface area contributed by atoms with Crippen LogP contribution >= 0.6 is 11.3 Å². The Kier molecular flexibility index (Phi) is 5.75. The molecule has 1 fully saturated rings. The highest BCUT2D eigenvalue weighted by Crippen LogP contribution is 2.24. The van der Waals surface area contributed by atoms with Gasteiger partial charge in [-0.1, -0.05) is 24.3 Å². The minimum Gasteiger partial charge on any atom is -0.347 e. The molecule has 0 saturated carbocycles. The lowest BCUT2D eigenvalue weighted by atomic mass is 10.1. The van der Waals surface area contributed by atoms with Gasteiger partial charge in [-0.3, -0.25) is 9.69 Å². The molecule has 0 spiro atoms. The van der Waals surface area contributed by atoms with Crippen molar-refractivity contribution in [1.29, 1.82) is 5.26 Å². The SMILES string of the molecule is N#CCCCn1cc(C(=O)N2CCN(Cc3cccs3)CC2)c2ccccc21. The van der Waals surface area contributed by atoms with E-state index < -0.39 is 0 Å². The Morgan fingerprint density at radius 1 is 1.11 bits per heavy atom. The lowest BCUT2D eigenvalue weighted by molar-refractivity contribution is 0.0631. The Hall–Kier alpha value is -2.62. The Labute approximate surface area is 169 Å². The molecule has 0 unspecified atom stereocenters. The lowest BCUT2D eigenvalue weighted by Gasteiger charge is -2.34. The first-order valence-corrected chi connectivity index (χ1v) is 10.6. The monoisotopic (exact) mass is 392 g/mol. The van der Waals surface area contributed by atoms with Crippen LogP contribution in [0.3, 0.4) is 0 Å². The van der Waals surface area contributed by atoms with Gasteiger partial charge in [0.25, 0.3) is 5.91 Å². The third kappa shape index (κ3) is 3.96. The average molecular weight is 393 g/mol. The summed E-state index contributed by atoms with van der Waals surface area (Å²) in [5.74, 6) is 0.117. The molecule has 0 N–H and O–H groups in total. The van der Waals surface area contributed by atoms with Gasteiger partial charge in [-0.05, 0) is 23.9 Å². The van der Waals surface area contributed by atoms with E-state index in [4.69, 9.17) is 5.26 Å². The van der Waals surface area contributed by atoms with Crippen molar-refractivity contribution in [3.05, 3.63) is 58.4 Å². The largest absolute Gasteiger partial charge is 0.347 e. The number of carbonyl (C=O) groups excluding carboxylic acids is 1. The zero-order valence-electron chi connectivity index (χ0n) is 15.9. The molecule has 3 aromatic rings. The molecule has 28 heavy (non-hydrogen) atoms. The molecule has 4 rings (SSSR count). The molecule has 1 saturated heterocycles. The number of rotatable bonds is 6. The van der Waals surface area contributed by atoms with E-state index in [1.165, 1.54) is 4.88 Å². The Morgan fingerprint density at radius 2 is 1.93 bits per heavy atom. The number of unbranched alkanes of at least 4 members (excludes halogenated alkanes) is 1. The number of nitrogens with zero attached hydrogens (tertiary/aromatic N) is 4. The van der Waals surface area contributed by atoms with Crippen LogP contribution in [0.5, 0.6) is 0 Å². The van der Waals surface area contributed by atoms with E-state index in [2.05, 4.69) is 39.1 Å². The van der Waals surface area contributed by atoms with Gasteiger partial charge in [0.05, 0.1) is 11.6 Å². The number of hydrogen-bond donors (Lipinski definition) is 0. The lowest BCUT2D eigenvalue weighted by Crippen LogP contribution is -2.48. The van der Waals surface area contributed by atoms with Crippen molar-refractivity contribution in [1.82, 2.24) is 14.4 Å². The van der Waals surface area contributed by atoms with Crippen LogP contribution in [0, 0.1) is 11.3 Å². The number of para-hydroxylation sites is 1. The smallest absolute Gasteiger partial charge is 0.256 e. The van der Waals surface area contributed by atoms with E-state index >= 15 is 0 Å². The summed E-state index contributed by atoms with van der Waals surface area (Å²) in [4.78, 5) is 19.0. The van der Waals surface area contributed by atoms with Crippen LogP contribution in [-0.2, 0) is 13.1 Å². The van der Waals surface area contributed by atoms with Crippen molar-refractivity contribution in [3.63, 3.8) is 0 Å². The summed E-state index contributed by atoms with van der Waals surface area (Å²) in [5.41, 5.74) is 1.85. The number of aryl methyl sites for hydroxylation is 1. The Morgan fingerprint density at radius 3 is 2.68 bits per heavy atom. The Balaban J connectivity index is 1.46. The van der Waals surface area contributed by atoms with Gasteiger partial charge < -0.3 is 9.47 Å². The van der Waals surface area contributed by atoms with E-state index in [0.29, 0.717) is 6.42 Å². The highest BCUT2D eigenvalue weighted by Gasteiger charge is 2.25. The van der Waals surface area contributed by atoms with Gasteiger partial charge in [0.15, 0.2) is 0 Å². The molecule has 6 heteroatoms. The third-order valence-electron chi connectivity index (χ3n) is 5.33. The summed E-state index contributed by atoms with van der Waals surface area (Å²) in [6.07, 6.45) is 3.30. The highest BCUT2D eigenvalue weighted by atomic mass is 32.1. The van der Waals surface area contributed by atoms with Gasteiger partial charge in [-0.15, -0.1) is 11.3 Å². The molecule has 1 amide bonds. The van der Waals surface area contributed by atoms with Gasteiger partial charge in [-0.2, -0.15) is 5.26 Å². The van der Waals surface area contributed by atoms with Gasteiger partial charge in [0.2, 0.25) is 0 Å². The number of amides is 1. The number of benzene rings is 1. The molecule has 3 heterocycles. The van der Waals surface area contributed by atoms with Crippen LogP contribution in [0.25, 0.3) is 10.9 Å². The summed E-state index contributed by atoms with van der Waals surface area (Å²) in [6.45, 7) is 5.07. The molecule has 0 atom stereocenters. The predicted octanol–water partition coefficient (Wildman–Crippen LogP) is 3.96. The van der Waals surface area contributed by atoms with Crippen LogP contribution in [0.15, 0.2) is 48.0 Å². The third-order valence-corrected chi connectivity index (χ3v) is 6.19. The van der Waals surface area contributed by atoms with E-state index in [1.54, 1.807) is 11.3 Å². The second kappa shape index (κ2) is 8.59. The molecule has 1 aromatic carbocycles. The van der Waals surface area contributed by atoms with Gasteiger partial charge in [0, 0.05) is 67.7 Å². The number of nitriles is 1. The fourth-order valence-corrected chi connectivity index (χ4v) is 4.58. The quantitative estimate of drug-likeness (QED) is 0.597. The fraction of sp³-hybridized carbons (Fsp3) is 0.364. The second-order valence-electron chi connectivity index (χ2n) is 7.16. The standard InChI is InChI=1S/C22H24N4OS/c23-9-3-4-10-26-17-20(19-7-1-2-8-21(19)26)22(27)25-13-11-24(12-14-25)16-18-6-5-15-28-18/h1-2,5-8,15,17H,3-4,10-14,16H2. The minimum atomic E-state index is 0.117. The van der Waals surface area contributed by atoms with Crippen molar-refractivity contribution in [2.45, 2.75) is 25.9 Å². The molecule has 1 aliphatic rings. The molecule has 2 aromatic heterocycles. The van der Waals surface area contributed by atoms with Crippen LogP contribution in [-0.4, -0.2) is 46.5 Å². The van der Waals surface area contributed by atoms with Gasteiger partial charge in [-0.25, -0.2) is 0 Å². The normalized spacial score (nSPS) is 15.0. The molecule has 0 aliphatic carbocycles. The number of fused-ring (bicyclic) bond motifs is 1. The molecule has 0 radical (unpaired) electrons. The molecule has 144 valence electrons. The molecular formula is C22H24N4OS. The molecule has 0 bridgehead atoms. The number of hydrogen-bond acceptors (Lipinski definition) is 4. The maximum atomic E-state index is 13.2. The zero-order valence-corrected chi connectivity index (χ0v) is 16.7. The maximum Gasteiger partial charge on any atom is 0.256 e. The van der Waals surface area contributed by atoms with E-state index in [-0.39, 0.29) is 5.91 Å². The van der Waals surface area contributed by atoms with Gasteiger partial charge >= 0.3 is 0 Å². The van der Waals surface area contributed by atoms with E-state index in [1.807, 2.05) is 29.3 Å². The van der Waals surface area contributed by atoms with Crippen LogP contribution in [0.4, 0.5) is 0 Å². The summed E-state index contributed by atoms with van der Waals surface area (Å²) >= 11 is 1.79. The number of aromatic nitrogens is 1. The topological polar surface area (TPSA) is 52.3 Å². The maximum absolute atomic E-state index is 13.2. The fourth-order valence-electron chi connectivity index (χ4n) is 3.83. The number of piperazine rings is 1. The van der Waals surface area contributed by atoms with Crippen molar-refractivity contribution in [2.75, 3.05) is 26.2 Å². The number of carbonyl (C=O) groups is 1. The summed E-state index contributed by atoms with van der Waals surface area (Å²) in [7, 11) is 0. The highest BCUT2D eigenvalue weighted by molar-refractivity contribution is 7.09. The van der Waals surface area contributed by atoms with Gasteiger partial charge in [0.1, 0.15) is 0 Å². The van der Waals surface area contributed by atoms with Crippen molar-refractivity contribution < 1.29 is 4.79 Å². The van der Waals surface area contributed by atoms with Crippen LogP contribution in [0.2, 0.25) is 0 Å².